The Bertz CT molecular complexity index is 191. The fraction of sp³-hybridized carbons (Fsp3) is 1.00. The Balaban J connectivity index is 2.16. The van der Waals surface area contributed by atoms with Gasteiger partial charge in [-0.25, -0.2) is 0 Å². The smallest absolute Gasteiger partial charge is 0.0593 e. The van der Waals surface area contributed by atoms with Crippen LogP contribution in [0.5, 0.6) is 0 Å². The molecule has 0 radical (unpaired) electrons. The zero-order valence-electron chi connectivity index (χ0n) is 12.6. The van der Waals surface area contributed by atoms with E-state index in [0.717, 1.165) is 19.8 Å². The van der Waals surface area contributed by atoms with Crippen molar-refractivity contribution in [3.05, 3.63) is 0 Å². The highest BCUT2D eigenvalue weighted by Gasteiger charge is 2.17. The third-order valence-corrected chi connectivity index (χ3v) is 3.47. The first-order chi connectivity index (χ1) is 8.72. The molecule has 1 heterocycles. The lowest BCUT2D eigenvalue weighted by atomic mass is 10.2. The molecule has 0 aromatic rings. The molecule has 0 aliphatic carbocycles. The minimum Gasteiger partial charge on any atom is -0.380 e. The number of hydrogen-bond acceptors (Lipinski definition) is 3. The van der Waals surface area contributed by atoms with Crippen molar-refractivity contribution >= 4 is 0 Å². The van der Waals surface area contributed by atoms with Crippen LogP contribution in [-0.4, -0.2) is 50.3 Å². The van der Waals surface area contributed by atoms with E-state index in [1.54, 1.807) is 0 Å². The van der Waals surface area contributed by atoms with Crippen LogP contribution in [-0.2, 0) is 4.74 Å². The minimum absolute atomic E-state index is 0.644. The Kier molecular flexibility index (Phi) is 8.64. The summed E-state index contributed by atoms with van der Waals surface area (Å²) < 4.78 is 5.71. The molecule has 1 N–H and O–H groups in total. The van der Waals surface area contributed by atoms with Crippen LogP contribution in [0.2, 0.25) is 0 Å². The molecule has 1 rings (SSSR count). The summed E-state index contributed by atoms with van der Waals surface area (Å²) in [6.45, 7) is 13.2. The van der Waals surface area contributed by atoms with Crippen LogP contribution in [0.25, 0.3) is 0 Å². The maximum Gasteiger partial charge on any atom is 0.0593 e. The zero-order chi connectivity index (χ0) is 13.2. The molecule has 1 aliphatic heterocycles. The Hall–Kier alpha value is -0.120. The number of hydrogen-bond donors (Lipinski definition) is 1. The number of ether oxygens (including phenoxy) is 1. The highest BCUT2D eigenvalue weighted by atomic mass is 16.5. The monoisotopic (exact) mass is 256 g/mol. The maximum atomic E-state index is 5.71. The van der Waals surface area contributed by atoms with Gasteiger partial charge in [-0.1, -0.05) is 27.2 Å². The fourth-order valence-electron chi connectivity index (χ4n) is 2.41. The molecular formula is C15H32N2O. The van der Waals surface area contributed by atoms with E-state index in [9.17, 15) is 0 Å². The molecule has 3 heteroatoms. The second-order valence-corrected chi connectivity index (χ2v) is 5.92. The van der Waals surface area contributed by atoms with Crippen molar-refractivity contribution in [1.29, 1.82) is 0 Å². The summed E-state index contributed by atoms with van der Waals surface area (Å²) in [4.78, 5) is 2.58. The Morgan fingerprint density at radius 2 is 2.17 bits per heavy atom. The van der Waals surface area contributed by atoms with Gasteiger partial charge < -0.3 is 10.1 Å². The maximum absolute atomic E-state index is 5.71. The Morgan fingerprint density at radius 1 is 1.33 bits per heavy atom. The van der Waals surface area contributed by atoms with Gasteiger partial charge in [-0.2, -0.15) is 0 Å². The normalized spacial score (nSPS) is 20.2. The van der Waals surface area contributed by atoms with E-state index in [-0.39, 0.29) is 0 Å². The van der Waals surface area contributed by atoms with Crippen LogP contribution in [0.15, 0.2) is 0 Å². The van der Waals surface area contributed by atoms with Crippen molar-refractivity contribution in [1.82, 2.24) is 10.2 Å². The Morgan fingerprint density at radius 3 is 2.78 bits per heavy atom. The van der Waals surface area contributed by atoms with Crippen LogP contribution >= 0.6 is 0 Å². The van der Waals surface area contributed by atoms with Gasteiger partial charge in [0.15, 0.2) is 0 Å². The lowest BCUT2D eigenvalue weighted by Gasteiger charge is -2.25. The van der Waals surface area contributed by atoms with Gasteiger partial charge in [0, 0.05) is 25.7 Å². The van der Waals surface area contributed by atoms with Gasteiger partial charge in [-0.3, -0.25) is 4.90 Å². The van der Waals surface area contributed by atoms with E-state index >= 15 is 0 Å². The van der Waals surface area contributed by atoms with Gasteiger partial charge in [-0.05, 0) is 38.3 Å². The SMILES string of the molecule is CCCCN(CCOCC(C)C)CC1CCCN1. The van der Waals surface area contributed by atoms with E-state index in [1.807, 2.05) is 0 Å². The van der Waals surface area contributed by atoms with Crippen molar-refractivity contribution in [2.24, 2.45) is 5.92 Å². The highest BCUT2D eigenvalue weighted by Crippen LogP contribution is 2.08. The average molecular weight is 256 g/mol. The lowest BCUT2D eigenvalue weighted by molar-refractivity contribution is 0.0826. The summed E-state index contributed by atoms with van der Waals surface area (Å²) in [5.74, 6) is 0.644. The van der Waals surface area contributed by atoms with Crippen LogP contribution in [0, 0.1) is 5.92 Å². The molecule has 1 saturated heterocycles. The van der Waals surface area contributed by atoms with Crippen LogP contribution in [0.4, 0.5) is 0 Å². The third kappa shape index (κ3) is 7.34. The standard InChI is InChI=1S/C15H32N2O/c1-4-5-9-17(10-11-18-13-14(2)3)12-15-7-6-8-16-15/h14-16H,4-13H2,1-3H3. The number of nitrogens with one attached hydrogen (secondary N) is 1. The largest absolute Gasteiger partial charge is 0.380 e. The first-order valence-electron chi connectivity index (χ1n) is 7.75. The molecule has 0 amide bonds. The van der Waals surface area contributed by atoms with E-state index < -0.39 is 0 Å². The van der Waals surface area contributed by atoms with Crippen molar-refractivity contribution in [2.75, 3.05) is 39.4 Å². The molecule has 1 atom stereocenters. The first-order valence-corrected chi connectivity index (χ1v) is 7.75. The topological polar surface area (TPSA) is 24.5 Å². The van der Waals surface area contributed by atoms with Gasteiger partial charge in [0.1, 0.15) is 0 Å². The predicted octanol–water partition coefficient (Wildman–Crippen LogP) is 2.51. The van der Waals surface area contributed by atoms with Gasteiger partial charge >= 0.3 is 0 Å². The number of nitrogens with zero attached hydrogens (tertiary/aromatic N) is 1. The summed E-state index contributed by atoms with van der Waals surface area (Å²) in [7, 11) is 0. The van der Waals surface area contributed by atoms with Crippen molar-refractivity contribution < 1.29 is 4.74 Å². The molecule has 1 unspecified atom stereocenters. The molecule has 18 heavy (non-hydrogen) atoms. The average Bonchev–Trinajstić information content (AvgIpc) is 2.83. The quantitative estimate of drug-likeness (QED) is 0.608. The molecule has 3 nitrogen and oxygen atoms in total. The highest BCUT2D eigenvalue weighted by molar-refractivity contribution is 4.77. The molecule has 0 aromatic heterocycles. The molecule has 0 aromatic carbocycles. The predicted molar refractivity (Wildman–Crippen MR) is 78.0 cm³/mol. The first kappa shape index (κ1) is 15.9. The Labute approximate surface area is 113 Å². The summed E-state index contributed by atoms with van der Waals surface area (Å²) in [6.07, 6.45) is 5.27. The van der Waals surface area contributed by atoms with Crippen LogP contribution in [0.3, 0.4) is 0 Å². The molecule has 0 spiro atoms. The van der Waals surface area contributed by atoms with Crippen molar-refractivity contribution in [3.8, 4) is 0 Å². The third-order valence-electron chi connectivity index (χ3n) is 3.47. The molecule has 1 aliphatic rings. The second-order valence-electron chi connectivity index (χ2n) is 5.92. The van der Waals surface area contributed by atoms with Crippen LogP contribution < -0.4 is 5.32 Å². The summed E-state index contributed by atoms with van der Waals surface area (Å²) >= 11 is 0. The van der Waals surface area contributed by atoms with Gasteiger partial charge in [0.2, 0.25) is 0 Å². The second kappa shape index (κ2) is 9.76. The van der Waals surface area contributed by atoms with Crippen molar-refractivity contribution in [3.63, 3.8) is 0 Å². The number of rotatable bonds is 10. The van der Waals surface area contributed by atoms with Gasteiger partial charge in [0.05, 0.1) is 6.61 Å². The summed E-state index contributed by atoms with van der Waals surface area (Å²) in [5, 5.41) is 3.59. The van der Waals surface area contributed by atoms with E-state index in [2.05, 4.69) is 31.0 Å². The summed E-state index contributed by atoms with van der Waals surface area (Å²) in [5.41, 5.74) is 0. The van der Waals surface area contributed by atoms with Crippen molar-refractivity contribution in [2.45, 2.75) is 52.5 Å². The van der Waals surface area contributed by atoms with Crippen LogP contribution in [0.1, 0.15) is 46.5 Å². The number of unbranched alkanes of at least 4 members (excludes halogenated alkanes) is 1. The van der Waals surface area contributed by atoms with Gasteiger partial charge in [-0.15, -0.1) is 0 Å². The van der Waals surface area contributed by atoms with Gasteiger partial charge in [0.25, 0.3) is 0 Å². The summed E-state index contributed by atoms with van der Waals surface area (Å²) in [6, 6.07) is 0.715. The van der Waals surface area contributed by atoms with E-state index in [1.165, 1.54) is 45.3 Å². The molecule has 0 bridgehead atoms. The zero-order valence-corrected chi connectivity index (χ0v) is 12.6. The molecule has 0 saturated carbocycles. The van der Waals surface area contributed by atoms with E-state index in [4.69, 9.17) is 4.74 Å². The fourth-order valence-corrected chi connectivity index (χ4v) is 2.41. The molecule has 108 valence electrons. The lowest BCUT2D eigenvalue weighted by Crippen LogP contribution is -2.39. The van der Waals surface area contributed by atoms with E-state index in [0.29, 0.717) is 12.0 Å². The molecular weight excluding hydrogens is 224 g/mol. The minimum atomic E-state index is 0.644. The molecule has 1 fully saturated rings.